The van der Waals surface area contributed by atoms with Crippen LogP contribution in [0.15, 0.2) is 27.6 Å². The van der Waals surface area contributed by atoms with Crippen molar-refractivity contribution >= 4 is 32.5 Å². The summed E-state index contributed by atoms with van der Waals surface area (Å²) in [5.41, 5.74) is 0.586. The number of ketones is 1. The zero-order chi connectivity index (χ0) is 10.5. The fraction of sp³-hybridized carbons (Fsp3) is 0.300. The predicted octanol–water partition coefficient (Wildman–Crippen LogP) is 2.53. The summed E-state index contributed by atoms with van der Waals surface area (Å²) in [4.78, 5) is 12.5. The second kappa shape index (κ2) is 3.00. The van der Waals surface area contributed by atoms with Crippen molar-refractivity contribution in [2.45, 2.75) is 23.5 Å². The first-order chi connectivity index (χ1) is 6.44. The van der Waals surface area contributed by atoms with Crippen LogP contribution in [0, 0.1) is 0 Å². The van der Waals surface area contributed by atoms with E-state index in [9.17, 15) is 9.00 Å². The van der Waals surface area contributed by atoms with Crippen LogP contribution >= 0.6 is 15.9 Å². The van der Waals surface area contributed by atoms with E-state index < -0.39 is 15.5 Å². The van der Waals surface area contributed by atoms with Gasteiger partial charge < -0.3 is 0 Å². The average Bonchev–Trinajstić information content (AvgIpc) is 2.29. The summed E-state index contributed by atoms with van der Waals surface area (Å²) in [5, 5.41) is 0. The van der Waals surface area contributed by atoms with E-state index in [2.05, 4.69) is 15.9 Å². The molecular weight excluding hydrogens is 264 g/mol. The Morgan fingerprint density at radius 2 is 2.00 bits per heavy atom. The van der Waals surface area contributed by atoms with Crippen LogP contribution in [0.25, 0.3) is 0 Å². The second-order valence-electron chi connectivity index (χ2n) is 3.75. The highest BCUT2D eigenvalue weighted by atomic mass is 79.9. The molecule has 0 radical (unpaired) electrons. The van der Waals surface area contributed by atoms with Gasteiger partial charge in [-0.1, -0.05) is 15.9 Å². The summed E-state index contributed by atoms with van der Waals surface area (Å²) >= 11 is 3.30. The first-order valence-electron chi connectivity index (χ1n) is 4.21. The lowest BCUT2D eigenvalue weighted by atomic mass is 10.0. The van der Waals surface area contributed by atoms with Crippen LogP contribution in [0.1, 0.15) is 24.2 Å². The van der Waals surface area contributed by atoms with E-state index in [4.69, 9.17) is 0 Å². The van der Waals surface area contributed by atoms with Crippen molar-refractivity contribution in [3.8, 4) is 0 Å². The maximum Gasteiger partial charge on any atom is 0.182 e. The van der Waals surface area contributed by atoms with E-state index in [0.29, 0.717) is 10.5 Å². The van der Waals surface area contributed by atoms with E-state index in [-0.39, 0.29) is 5.78 Å². The van der Waals surface area contributed by atoms with E-state index in [0.717, 1.165) is 4.47 Å². The summed E-state index contributed by atoms with van der Waals surface area (Å²) in [6.45, 7) is 3.44. The standard InChI is InChI=1S/C10H9BrO2S/c1-10(2)9(12)7-5-6(11)3-4-8(7)14(10)13/h3-5H,1-2H3. The number of hydrogen-bond donors (Lipinski definition) is 0. The molecule has 1 heterocycles. The van der Waals surface area contributed by atoms with Crippen LogP contribution in [0.5, 0.6) is 0 Å². The van der Waals surface area contributed by atoms with Crippen LogP contribution in [0.2, 0.25) is 0 Å². The van der Waals surface area contributed by atoms with E-state index in [1.165, 1.54) is 0 Å². The Kier molecular flexibility index (Phi) is 2.16. The number of carbonyl (C=O) groups is 1. The third-order valence-electron chi connectivity index (χ3n) is 2.40. The minimum absolute atomic E-state index is 0.0351. The van der Waals surface area contributed by atoms with Gasteiger partial charge in [-0.05, 0) is 32.0 Å². The van der Waals surface area contributed by atoms with Gasteiger partial charge >= 0.3 is 0 Å². The molecule has 0 spiro atoms. The van der Waals surface area contributed by atoms with Crippen molar-refractivity contribution < 1.29 is 9.00 Å². The van der Waals surface area contributed by atoms with Crippen LogP contribution in [-0.2, 0) is 10.8 Å². The molecule has 14 heavy (non-hydrogen) atoms. The smallest absolute Gasteiger partial charge is 0.182 e. The number of carbonyl (C=O) groups excluding carboxylic acids is 1. The zero-order valence-electron chi connectivity index (χ0n) is 7.83. The van der Waals surface area contributed by atoms with E-state index in [1.54, 1.807) is 26.0 Å². The highest BCUT2D eigenvalue weighted by molar-refractivity contribution is 9.10. The molecule has 0 N–H and O–H groups in total. The molecule has 0 bridgehead atoms. The molecule has 0 aliphatic carbocycles. The Balaban J connectivity index is 2.71. The van der Waals surface area contributed by atoms with Crippen molar-refractivity contribution in [1.29, 1.82) is 0 Å². The minimum Gasteiger partial charge on any atom is -0.292 e. The fourth-order valence-electron chi connectivity index (χ4n) is 1.52. The van der Waals surface area contributed by atoms with Crippen LogP contribution in [0.4, 0.5) is 0 Å². The van der Waals surface area contributed by atoms with E-state index >= 15 is 0 Å². The SMILES string of the molecule is CC1(C)C(=O)c2cc(Br)ccc2S1=O. The molecule has 1 aliphatic heterocycles. The lowest BCUT2D eigenvalue weighted by Gasteiger charge is -2.12. The largest absolute Gasteiger partial charge is 0.292 e. The number of hydrogen-bond acceptors (Lipinski definition) is 2. The van der Waals surface area contributed by atoms with Gasteiger partial charge in [0.1, 0.15) is 4.75 Å². The molecule has 1 aliphatic rings. The number of halogens is 1. The molecule has 4 heteroatoms. The minimum atomic E-state index is -1.22. The summed E-state index contributed by atoms with van der Waals surface area (Å²) < 4.78 is 12.0. The van der Waals surface area contributed by atoms with Gasteiger partial charge in [-0.3, -0.25) is 9.00 Å². The Hall–Kier alpha value is -0.480. The molecule has 2 rings (SSSR count). The molecule has 1 aromatic rings. The number of rotatable bonds is 0. The molecular formula is C10H9BrO2S. The highest BCUT2D eigenvalue weighted by Gasteiger charge is 2.44. The van der Waals surface area contributed by atoms with Crippen LogP contribution < -0.4 is 0 Å². The normalized spacial score (nSPS) is 23.6. The van der Waals surface area contributed by atoms with E-state index in [1.807, 2.05) is 6.07 Å². The highest BCUT2D eigenvalue weighted by Crippen LogP contribution is 2.36. The topological polar surface area (TPSA) is 34.1 Å². The van der Waals surface area contributed by atoms with Crippen molar-refractivity contribution in [1.82, 2.24) is 0 Å². The summed E-state index contributed by atoms with van der Waals surface area (Å²) in [6.07, 6.45) is 0. The van der Waals surface area contributed by atoms with Crippen molar-refractivity contribution in [3.63, 3.8) is 0 Å². The van der Waals surface area contributed by atoms with Gasteiger partial charge in [0.05, 0.1) is 15.7 Å². The molecule has 1 aromatic carbocycles. The lowest BCUT2D eigenvalue weighted by molar-refractivity contribution is 0.0960. The Morgan fingerprint density at radius 3 is 2.64 bits per heavy atom. The fourth-order valence-corrected chi connectivity index (χ4v) is 3.26. The van der Waals surface area contributed by atoms with Crippen LogP contribution in [0.3, 0.4) is 0 Å². The van der Waals surface area contributed by atoms with Crippen molar-refractivity contribution in [3.05, 3.63) is 28.2 Å². The molecule has 2 nitrogen and oxygen atoms in total. The zero-order valence-corrected chi connectivity index (χ0v) is 10.2. The van der Waals surface area contributed by atoms with Gasteiger partial charge in [-0.25, -0.2) is 0 Å². The first kappa shape index (κ1) is 10.1. The van der Waals surface area contributed by atoms with Gasteiger partial charge in [0.25, 0.3) is 0 Å². The average molecular weight is 273 g/mol. The molecule has 74 valence electrons. The van der Waals surface area contributed by atoms with Gasteiger partial charge in [0.2, 0.25) is 0 Å². The Morgan fingerprint density at radius 1 is 1.36 bits per heavy atom. The monoisotopic (exact) mass is 272 g/mol. The number of fused-ring (bicyclic) bond motifs is 1. The number of benzene rings is 1. The third kappa shape index (κ3) is 1.21. The predicted molar refractivity (Wildman–Crippen MR) is 59.0 cm³/mol. The molecule has 1 atom stereocenters. The Bertz CT molecular complexity index is 451. The van der Waals surface area contributed by atoms with Crippen molar-refractivity contribution in [2.75, 3.05) is 0 Å². The Labute approximate surface area is 93.3 Å². The third-order valence-corrected chi connectivity index (χ3v) is 4.76. The molecule has 0 amide bonds. The van der Waals surface area contributed by atoms with Gasteiger partial charge in [0.15, 0.2) is 5.78 Å². The maximum absolute atomic E-state index is 11.9. The lowest BCUT2D eigenvalue weighted by Crippen LogP contribution is -2.29. The van der Waals surface area contributed by atoms with Gasteiger partial charge in [-0.15, -0.1) is 0 Å². The summed E-state index contributed by atoms with van der Waals surface area (Å²) in [5.74, 6) is -0.0351. The molecule has 0 saturated heterocycles. The van der Waals surface area contributed by atoms with Gasteiger partial charge in [-0.2, -0.15) is 0 Å². The maximum atomic E-state index is 11.9. The molecule has 1 unspecified atom stereocenters. The number of Topliss-reactive ketones (excluding diaryl/α,β-unsaturated/α-hetero) is 1. The van der Waals surface area contributed by atoms with Crippen molar-refractivity contribution in [2.24, 2.45) is 0 Å². The van der Waals surface area contributed by atoms with Crippen LogP contribution in [-0.4, -0.2) is 14.7 Å². The molecule has 0 fully saturated rings. The second-order valence-corrected chi connectivity index (χ2v) is 6.66. The van der Waals surface area contributed by atoms with Gasteiger partial charge in [0, 0.05) is 10.0 Å². The summed E-state index contributed by atoms with van der Waals surface area (Å²) in [7, 11) is -1.22. The quantitative estimate of drug-likeness (QED) is 0.728. The molecule has 0 saturated carbocycles. The summed E-state index contributed by atoms with van der Waals surface area (Å²) in [6, 6.07) is 5.30. The first-order valence-corrected chi connectivity index (χ1v) is 6.15. The molecule has 0 aromatic heterocycles.